The zero-order valence-corrected chi connectivity index (χ0v) is 10.5. The summed E-state index contributed by atoms with van der Waals surface area (Å²) in [5, 5.41) is 8.61. The van der Waals surface area contributed by atoms with Gasteiger partial charge in [0.2, 0.25) is 5.91 Å². The summed E-state index contributed by atoms with van der Waals surface area (Å²) >= 11 is 1.56. The molecule has 2 heterocycles. The van der Waals surface area contributed by atoms with Crippen molar-refractivity contribution in [2.75, 3.05) is 6.54 Å². The summed E-state index contributed by atoms with van der Waals surface area (Å²) in [7, 11) is 0. The van der Waals surface area contributed by atoms with Gasteiger partial charge in [-0.05, 0) is 17.5 Å². The number of hydrogen-bond acceptors (Lipinski definition) is 4. The Hall–Kier alpha value is -1.95. The summed E-state index contributed by atoms with van der Waals surface area (Å²) in [5.74, 6) is -0.0403. The number of amides is 1. The molecule has 6 heteroatoms. The second-order valence-corrected chi connectivity index (χ2v) is 4.72. The van der Waals surface area contributed by atoms with Crippen molar-refractivity contribution in [2.45, 2.75) is 13.0 Å². The maximum Gasteiger partial charge on any atom is 0.266 e. The third kappa shape index (κ3) is 3.53. The van der Waals surface area contributed by atoms with Crippen LogP contribution < -0.4 is 10.9 Å². The van der Waals surface area contributed by atoms with Crippen molar-refractivity contribution in [3.05, 3.63) is 51.1 Å². The molecule has 0 radical (unpaired) electrons. The number of carbonyl (C=O) groups excluding carboxylic acids is 1. The number of nitrogens with one attached hydrogen (secondary N) is 1. The lowest BCUT2D eigenvalue weighted by Crippen LogP contribution is -2.32. The zero-order valence-electron chi connectivity index (χ0n) is 9.70. The number of aromatic nitrogens is 2. The van der Waals surface area contributed by atoms with E-state index in [0.717, 1.165) is 4.88 Å². The van der Waals surface area contributed by atoms with Gasteiger partial charge in [-0.3, -0.25) is 9.59 Å². The minimum Gasteiger partial charge on any atom is -0.354 e. The molecular weight excluding hydrogens is 250 g/mol. The third-order valence-electron chi connectivity index (χ3n) is 2.35. The minimum atomic E-state index is -0.162. The highest BCUT2D eigenvalue weighted by Crippen LogP contribution is 2.08. The maximum absolute atomic E-state index is 11.6. The molecule has 94 valence electrons. The van der Waals surface area contributed by atoms with Gasteiger partial charge in [0.05, 0.1) is 13.0 Å². The SMILES string of the molecule is O=C(Cc1cccs1)NCCn1ncccc1=O. The standard InChI is InChI=1S/C12H13N3O2S/c16-11(9-10-3-2-8-18-10)13-6-7-15-12(17)4-1-5-14-15/h1-5,8H,6-7,9H2,(H,13,16). The van der Waals surface area contributed by atoms with Gasteiger partial charge in [0.15, 0.2) is 0 Å². The van der Waals surface area contributed by atoms with Crippen molar-refractivity contribution < 1.29 is 4.79 Å². The van der Waals surface area contributed by atoms with Gasteiger partial charge in [-0.15, -0.1) is 11.3 Å². The van der Waals surface area contributed by atoms with Crippen LogP contribution in [-0.2, 0) is 17.8 Å². The van der Waals surface area contributed by atoms with Gasteiger partial charge in [-0.1, -0.05) is 6.07 Å². The van der Waals surface area contributed by atoms with E-state index in [1.807, 2.05) is 17.5 Å². The molecular formula is C12H13N3O2S. The average molecular weight is 263 g/mol. The Bertz CT molecular complexity index is 563. The lowest BCUT2D eigenvalue weighted by molar-refractivity contribution is -0.120. The molecule has 0 unspecified atom stereocenters. The van der Waals surface area contributed by atoms with E-state index in [-0.39, 0.29) is 11.5 Å². The van der Waals surface area contributed by atoms with Gasteiger partial charge < -0.3 is 5.32 Å². The average Bonchev–Trinajstić information content (AvgIpc) is 2.84. The summed E-state index contributed by atoms with van der Waals surface area (Å²) in [5.41, 5.74) is -0.162. The molecule has 0 fully saturated rings. The van der Waals surface area contributed by atoms with Gasteiger partial charge >= 0.3 is 0 Å². The van der Waals surface area contributed by atoms with Gasteiger partial charge in [0, 0.05) is 23.7 Å². The monoisotopic (exact) mass is 263 g/mol. The highest BCUT2D eigenvalue weighted by atomic mass is 32.1. The molecule has 1 amide bonds. The first-order chi connectivity index (χ1) is 8.75. The number of rotatable bonds is 5. The Morgan fingerprint density at radius 1 is 1.39 bits per heavy atom. The molecule has 0 aliphatic heterocycles. The summed E-state index contributed by atoms with van der Waals surface area (Å²) in [6.45, 7) is 0.789. The van der Waals surface area contributed by atoms with Crippen molar-refractivity contribution in [1.82, 2.24) is 15.1 Å². The Kier molecular flexibility index (Phi) is 4.25. The van der Waals surface area contributed by atoms with E-state index in [0.29, 0.717) is 19.5 Å². The van der Waals surface area contributed by atoms with E-state index in [2.05, 4.69) is 10.4 Å². The van der Waals surface area contributed by atoms with E-state index >= 15 is 0 Å². The zero-order chi connectivity index (χ0) is 12.8. The first kappa shape index (κ1) is 12.5. The van der Waals surface area contributed by atoms with Crippen LogP contribution in [0.25, 0.3) is 0 Å². The minimum absolute atomic E-state index is 0.0403. The highest BCUT2D eigenvalue weighted by molar-refractivity contribution is 7.10. The van der Waals surface area contributed by atoms with Gasteiger partial charge in [-0.2, -0.15) is 5.10 Å². The molecule has 2 rings (SSSR count). The normalized spacial score (nSPS) is 10.2. The van der Waals surface area contributed by atoms with Crippen molar-refractivity contribution in [1.29, 1.82) is 0 Å². The molecule has 0 aliphatic rings. The first-order valence-electron chi connectivity index (χ1n) is 5.57. The fourth-order valence-corrected chi connectivity index (χ4v) is 2.19. The molecule has 0 spiro atoms. The number of nitrogens with zero attached hydrogens (tertiary/aromatic N) is 2. The van der Waals surface area contributed by atoms with Crippen LogP contribution in [0.5, 0.6) is 0 Å². The van der Waals surface area contributed by atoms with Crippen LogP contribution >= 0.6 is 11.3 Å². The predicted molar refractivity (Wildman–Crippen MR) is 69.5 cm³/mol. The van der Waals surface area contributed by atoms with E-state index in [1.165, 1.54) is 10.7 Å². The highest BCUT2D eigenvalue weighted by Gasteiger charge is 2.03. The van der Waals surface area contributed by atoms with Crippen molar-refractivity contribution in [2.24, 2.45) is 0 Å². The molecule has 18 heavy (non-hydrogen) atoms. The molecule has 0 saturated heterocycles. The lowest BCUT2D eigenvalue weighted by Gasteiger charge is -2.05. The maximum atomic E-state index is 11.6. The fourth-order valence-electron chi connectivity index (χ4n) is 1.49. The summed E-state index contributed by atoms with van der Waals surface area (Å²) < 4.78 is 1.32. The fraction of sp³-hybridized carbons (Fsp3) is 0.250. The predicted octanol–water partition coefficient (Wildman–Crippen LogP) is 0.664. The van der Waals surface area contributed by atoms with Crippen molar-refractivity contribution in [3.8, 4) is 0 Å². The van der Waals surface area contributed by atoms with Crippen LogP contribution in [0.15, 0.2) is 40.6 Å². The summed E-state index contributed by atoms with van der Waals surface area (Å²) in [6, 6.07) is 6.88. The molecule has 2 aromatic rings. The molecule has 0 bridgehead atoms. The Balaban J connectivity index is 1.77. The topological polar surface area (TPSA) is 64.0 Å². The first-order valence-corrected chi connectivity index (χ1v) is 6.45. The summed E-state index contributed by atoms with van der Waals surface area (Å²) in [4.78, 5) is 23.9. The van der Waals surface area contributed by atoms with Crippen LogP contribution in [0, 0.1) is 0 Å². The smallest absolute Gasteiger partial charge is 0.266 e. The number of carbonyl (C=O) groups is 1. The van der Waals surface area contributed by atoms with Gasteiger partial charge in [-0.25, -0.2) is 4.68 Å². The third-order valence-corrected chi connectivity index (χ3v) is 3.22. The Morgan fingerprint density at radius 3 is 3.00 bits per heavy atom. The molecule has 2 aromatic heterocycles. The van der Waals surface area contributed by atoms with Crippen molar-refractivity contribution in [3.63, 3.8) is 0 Å². The second-order valence-electron chi connectivity index (χ2n) is 3.69. The summed E-state index contributed by atoms with van der Waals surface area (Å²) in [6.07, 6.45) is 1.93. The molecule has 5 nitrogen and oxygen atoms in total. The van der Waals surface area contributed by atoms with Crippen LogP contribution in [0.2, 0.25) is 0 Å². The second kappa shape index (κ2) is 6.11. The lowest BCUT2D eigenvalue weighted by atomic mass is 10.3. The van der Waals surface area contributed by atoms with Gasteiger partial charge in [0.1, 0.15) is 0 Å². The van der Waals surface area contributed by atoms with Crippen LogP contribution in [0.4, 0.5) is 0 Å². The largest absolute Gasteiger partial charge is 0.354 e. The van der Waals surface area contributed by atoms with Crippen LogP contribution in [0.1, 0.15) is 4.88 Å². The molecule has 0 saturated carbocycles. The van der Waals surface area contributed by atoms with Gasteiger partial charge in [0.25, 0.3) is 5.56 Å². The van der Waals surface area contributed by atoms with Crippen LogP contribution in [-0.4, -0.2) is 22.2 Å². The number of hydrogen-bond donors (Lipinski definition) is 1. The molecule has 0 aromatic carbocycles. The molecule has 0 aliphatic carbocycles. The Morgan fingerprint density at radius 2 is 2.28 bits per heavy atom. The molecule has 0 atom stereocenters. The Labute approximate surface area is 108 Å². The number of thiophene rings is 1. The molecule has 1 N–H and O–H groups in total. The van der Waals surface area contributed by atoms with E-state index < -0.39 is 0 Å². The van der Waals surface area contributed by atoms with E-state index in [4.69, 9.17) is 0 Å². The van der Waals surface area contributed by atoms with E-state index in [1.54, 1.807) is 23.6 Å². The van der Waals surface area contributed by atoms with Crippen molar-refractivity contribution >= 4 is 17.2 Å². The van der Waals surface area contributed by atoms with Crippen LogP contribution in [0.3, 0.4) is 0 Å². The van der Waals surface area contributed by atoms with E-state index in [9.17, 15) is 9.59 Å². The quantitative estimate of drug-likeness (QED) is 0.862.